The van der Waals surface area contributed by atoms with Crippen molar-refractivity contribution in [2.24, 2.45) is 0 Å². The van der Waals surface area contributed by atoms with E-state index in [0.717, 1.165) is 0 Å². The monoisotopic (exact) mass is 545 g/mol. The molecule has 5 heteroatoms. The number of anilines is 1. The fraction of sp³-hybridized carbons (Fsp3) is 0.333. The van der Waals surface area contributed by atoms with Crippen molar-refractivity contribution in [3.05, 3.63) is 75.8 Å². The van der Waals surface area contributed by atoms with Crippen molar-refractivity contribution < 1.29 is 0 Å². The van der Waals surface area contributed by atoms with E-state index in [-0.39, 0.29) is 0 Å². The van der Waals surface area contributed by atoms with Crippen molar-refractivity contribution in [2.75, 3.05) is 3.48 Å². The van der Waals surface area contributed by atoms with E-state index in [4.69, 9.17) is 22.2 Å². The van der Waals surface area contributed by atoms with Crippen LogP contribution in [0.5, 0.6) is 0 Å². The van der Waals surface area contributed by atoms with Crippen molar-refractivity contribution >= 4 is 49.6 Å². The summed E-state index contributed by atoms with van der Waals surface area (Å²) in [5.41, 5.74) is 18.7. The Kier molecular flexibility index (Phi) is 7.62. The van der Waals surface area contributed by atoms with E-state index in [9.17, 15) is 0 Å². The first-order chi connectivity index (χ1) is 14.8. The minimum atomic E-state index is -2.67. The van der Waals surface area contributed by atoms with Crippen molar-refractivity contribution in [1.82, 2.24) is 0 Å². The Bertz CT molecular complexity index is 1040. The molecule has 32 heavy (non-hydrogen) atoms. The summed E-state index contributed by atoms with van der Waals surface area (Å²) in [4.78, 5) is 0. The normalized spacial score (nSPS) is 11.9. The standard InChI is InChI=1S/C27H34AsCl2NSi/c1-17-13-19(3)25(20(4)14-17)23-11-10-12-24(26-21(5)15-18(2)16-22(26)6)27(23)31(28(7)8)32(9,29)30/h10-16H,1-9H3. The van der Waals surface area contributed by atoms with Crippen molar-refractivity contribution in [3.63, 3.8) is 0 Å². The number of halogens is 2. The fourth-order valence-electron chi connectivity index (χ4n) is 5.13. The molecule has 0 amide bonds. The molecule has 0 saturated heterocycles. The first-order valence-electron chi connectivity index (χ1n) is 11.0. The van der Waals surface area contributed by atoms with Gasteiger partial charge in [-0.2, -0.15) is 0 Å². The van der Waals surface area contributed by atoms with Crippen LogP contribution < -0.4 is 3.48 Å². The summed E-state index contributed by atoms with van der Waals surface area (Å²) >= 11 is 12.6. The summed E-state index contributed by atoms with van der Waals surface area (Å²) in [5.74, 6) is 0. The summed E-state index contributed by atoms with van der Waals surface area (Å²) in [5, 5.41) is 0. The quantitative estimate of drug-likeness (QED) is 0.228. The average molecular weight is 546 g/mol. The molecule has 0 heterocycles. The van der Waals surface area contributed by atoms with E-state index in [1.54, 1.807) is 0 Å². The van der Waals surface area contributed by atoms with E-state index in [0.29, 0.717) is 0 Å². The molecule has 3 rings (SSSR count). The molecule has 0 aliphatic rings. The molecule has 0 unspecified atom stereocenters. The summed E-state index contributed by atoms with van der Waals surface area (Å²) in [7, 11) is 0. The predicted octanol–water partition coefficient (Wildman–Crippen LogP) is 8.97. The molecular weight excluding hydrogens is 512 g/mol. The number of nitrogens with zero attached hydrogens (tertiary/aromatic N) is 1. The van der Waals surface area contributed by atoms with Gasteiger partial charge >= 0.3 is 211 Å². The second-order valence-corrected chi connectivity index (χ2v) is 21.6. The SMILES string of the molecule is Cc1cc(C)c(-c2cccc(-c3c(C)cc(C)cc3C)c2N([As](C)C)[Si](C)(Cl)Cl)c(C)c1. The van der Waals surface area contributed by atoms with Gasteiger partial charge in [-0.25, -0.2) is 0 Å². The van der Waals surface area contributed by atoms with Crippen LogP contribution >= 0.6 is 22.2 Å². The van der Waals surface area contributed by atoms with E-state index in [1.165, 1.54) is 61.3 Å². The third kappa shape index (κ3) is 4.99. The van der Waals surface area contributed by atoms with E-state index < -0.39 is 21.7 Å². The van der Waals surface area contributed by atoms with Gasteiger partial charge < -0.3 is 0 Å². The molecule has 0 radical (unpaired) electrons. The summed E-state index contributed by atoms with van der Waals surface area (Å²) in [6.45, 7) is 12.5. The Morgan fingerprint density at radius 2 is 1.03 bits per heavy atom. The molecule has 0 N–H and O–H groups in total. The Morgan fingerprint density at radius 3 is 1.31 bits per heavy atom. The first-order valence-corrected chi connectivity index (χ1v) is 20.0. The Hall–Kier alpha value is -1.18. The summed E-state index contributed by atoms with van der Waals surface area (Å²) in [6.07, 6.45) is 0. The third-order valence-corrected chi connectivity index (χ3v) is 16.1. The van der Waals surface area contributed by atoms with Crippen LogP contribution in [0.4, 0.5) is 5.69 Å². The zero-order valence-corrected chi connectivity index (χ0v) is 25.1. The van der Waals surface area contributed by atoms with Gasteiger partial charge in [0.05, 0.1) is 0 Å². The molecule has 0 fully saturated rings. The van der Waals surface area contributed by atoms with Gasteiger partial charge in [-0.05, 0) is 0 Å². The van der Waals surface area contributed by atoms with Crippen LogP contribution in [-0.4, -0.2) is 21.7 Å². The molecular formula is C27H34AsCl2NSi. The van der Waals surface area contributed by atoms with Crippen LogP contribution in [0.1, 0.15) is 33.4 Å². The van der Waals surface area contributed by atoms with Crippen LogP contribution in [0.25, 0.3) is 22.3 Å². The Labute approximate surface area is 209 Å². The second kappa shape index (κ2) is 9.59. The molecule has 0 aromatic heterocycles. The molecule has 0 spiro atoms. The number of para-hydroxylation sites is 1. The number of aryl methyl sites for hydroxylation is 6. The number of hydrogen-bond donors (Lipinski definition) is 0. The molecule has 0 aliphatic carbocycles. The zero-order valence-electron chi connectivity index (χ0n) is 20.7. The van der Waals surface area contributed by atoms with Gasteiger partial charge in [0.1, 0.15) is 0 Å². The third-order valence-electron chi connectivity index (χ3n) is 5.91. The topological polar surface area (TPSA) is 3.24 Å². The van der Waals surface area contributed by atoms with Gasteiger partial charge in [0.2, 0.25) is 0 Å². The van der Waals surface area contributed by atoms with E-state index >= 15 is 0 Å². The van der Waals surface area contributed by atoms with Gasteiger partial charge in [0.25, 0.3) is 0 Å². The van der Waals surface area contributed by atoms with Crippen LogP contribution in [0.2, 0.25) is 18.0 Å². The number of rotatable bonds is 5. The van der Waals surface area contributed by atoms with E-state index in [2.05, 4.69) is 98.9 Å². The molecule has 3 aromatic rings. The minimum absolute atomic E-state index is 1.21. The van der Waals surface area contributed by atoms with Crippen molar-refractivity contribution in [3.8, 4) is 22.3 Å². The average Bonchev–Trinajstić information content (AvgIpc) is 2.60. The van der Waals surface area contributed by atoms with E-state index in [1.807, 2.05) is 6.55 Å². The van der Waals surface area contributed by atoms with Crippen molar-refractivity contribution in [1.29, 1.82) is 0 Å². The van der Waals surface area contributed by atoms with Gasteiger partial charge in [-0.3, -0.25) is 0 Å². The Morgan fingerprint density at radius 1 is 0.688 bits per heavy atom. The molecule has 0 bridgehead atoms. The zero-order chi connectivity index (χ0) is 24.0. The summed E-state index contributed by atoms with van der Waals surface area (Å²) < 4.78 is 2.44. The molecule has 170 valence electrons. The number of benzene rings is 3. The van der Waals surface area contributed by atoms with Crippen LogP contribution in [0.3, 0.4) is 0 Å². The van der Waals surface area contributed by atoms with Gasteiger partial charge in [-0.1, -0.05) is 0 Å². The second-order valence-electron chi connectivity index (χ2n) is 9.25. The van der Waals surface area contributed by atoms with Crippen LogP contribution in [0, 0.1) is 41.5 Å². The molecule has 3 aromatic carbocycles. The van der Waals surface area contributed by atoms with Crippen molar-refractivity contribution in [2.45, 2.75) is 59.5 Å². The van der Waals surface area contributed by atoms with Crippen LogP contribution in [0.15, 0.2) is 42.5 Å². The number of hydrogen-bond acceptors (Lipinski definition) is 1. The maximum atomic E-state index is 7.02. The first kappa shape index (κ1) is 25.4. The molecule has 1 nitrogen and oxygen atoms in total. The molecule has 0 atom stereocenters. The molecule has 0 saturated carbocycles. The van der Waals surface area contributed by atoms with Gasteiger partial charge in [-0.15, -0.1) is 0 Å². The van der Waals surface area contributed by atoms with Gasteiger partial charge in [0.15, 0.2) is 0 Å². The fourth-order valence-corrected chi connectivity index (χ4v) is 17.4. The molecule has 0 aliphatic heterocycles. The Balaban J connectivity index is 2.51. The van der Waals surface area contributed by atoms with Gasteiger partial charge in [0, 0.05) is 0 Å². The maximum absolute atomic E-state index is 7.02. The van der Waals surface area contributed by atoms with Crippen LogP contribution in [-0.2, 0) is 0 Å². The summed E-state index contributed by atoms with van der Waals surface area (Å²) in [6, 6.07) is 15.8. The predicted molar refractivity (Wildman–Crippen MR) is 149 cm³/mol.